The van der Waals surface area contributed by atoms with E-state index < -0.39 is 23.8 Å². The molecule has 0 spiro atoms. The summed E-state index contributed by atoms with van der Waals surface area (Å²) in [5.41, 5.74) is -0.0324. The number of quaternary nitrogens is 1. The van der Waals surface area contributed by atoms with Gasteiger partial charge in [-0.1, -0.05) is 6.92 Å². The number of fused-ring (bicyclic) bond motifs is 3. The van der Waals surface area contributed by atoms with Gasteiger partial charge in [0, 0.05) is 17.8 Å². The first-order valence-electron chi connectivity index (χ1n) is 9.06. The highest BCUT2D eigenvalue weighted by Gasteiger charge is 2.25. The molecule has 0 bridgehead atoms. The minimum absolute atomic E-state index is 0.475. The van der Waals surface area contributed by atoms with Crippen LogP contribution in [-0.4, -0.2) is 35.7 Å². The number of nitrogens with zero attached hydrogens (tertiary/aromatic N) is 2. The molecule has 0 fully saturated rings. The number of hydrogen-bond donors (Lipinski definition) is 1. The van der Waals surface area contributed by atoms with Crippen molar-refractivity contribution in [3.05, 3.63) is 31.3 Å². The molecule has 1 aliphatic rings. The quantitative estimate of drug-likeness (QED) is 0.671. The van der Waals surface area contributed by atoms with Gasteiger partial charge in [-0.25, -0.2) is 4.79 Å². The van der Waals surface area contributed by atoms with E-state index in [4.69, 9.17) is 0 Å². The molecule has 0 aromatic carbocycles. The summed E-state index contributed by atoms with van der Waals surface area (Å²) in [6.45, 7) is 2.85. The van der Waals surface area contributed by atoms with Gasteiger partial charge in [-0.15, -0.1) is 11.3 Å². The van der Waals surface area contributed by atoms with Gasteiger partial charge in [0.05, 0.1) is 38.5 Å². The zero-order chi connectivity index (χ0) is 19.0. The number of nitrogens with one attached hydrogen (secondary N) is 1. The van der Waals surface area contributed by atoms with Gasteiger partial charge in [0.1, 0.15) is 4.83 Å². The normalized spacial score (nSPS) is 17.0. The summed E-state index contributed by atoms with van der Waals surface area (Å²) in [7, 11) is 4.08. The number of carbonyl (C=O) groups excluding carboxylic acids is 1. The Balaban J connectivity index is 2.20. The lowest BCUT2D eigenvalue weighted by Gasteiger charge is -2.17. The molecule has 2 aromatic heterocycles. The largest absolute Gasteiger partial charge is 0.548 e. The van der Waals surface area contributed by atoms with Crippen molar-refractivity contribution in [3.8, 4) is 0 Å². The summed E-state index contributed by atoms with van der Waals surface area (Å²) in [4.78, 5) is 39.9. The molecule has 2 aromatic rings. The number of aryl methyl sites for hydroxylation is 2. The van der Waals surface area contributed by atoms with E-state index in [-0.39, 0.29) is 0 Å². The van der Waals surface area contributed by atoms with Crippen molar-refractivity contribution in [2.75, 3.05) is 20.6 Å². The smallest absolute Gasteiger partial charge is 0.332 e. The molecule has 3 rings (SSSR count). The number of aromatic nitrogens is 2. The zero-order valence-corrected chi connectivity index (χ0v) is 16.3. The van der Waals surface area contributed by atoms with Crippen LogP contribution in [0.1, 0.15) is 30.2 Å². The minimum atomic E-state index is -1.43. The first kappa shape index (κ1) is 18.8. The summed E-state index contributed by atoms with van der Waals surface area (Å²) in [5.74, 6) is -0.871. The van der Waals surface area contributed by atoms with Gasteiger partial charge in [-0.3, -0.25) is 13.9 Å². The van der Waals surface area contributed by atoms with Crippen LogP contribution in [0.25, 0.3) is 10.2 Å². The van der Waals surface area contributed by atoms with Gasteiger partial charge in [-0.05, 0) is 30.7 Å². The molecule has 0 radical (unpaired) electrons. The number of carboxylic acids is 1. The van der Waals surface area contributed by atoms with Crippen LogP contribution in [0, 0.1) is 5.92 Å². The van der Waals surface area contributed by atoms with Crippen LogP contribution < -0.4 is 21.3 Å². The standard InChI is InChI=1S/C18H25N3O4S/c1-11-5-6-12-13(9-11)26-17-15(12)16(24)21(10-14(22)23)18(25)20(17)8-4-7-19(2)3/h11H,4-10H2,1-3H3,(H,22,23)/t11-/m0/s1. The van der Waals surface area contributed by atoms with Crippen molar-refractivity contribution < 1.29 is 14.8 Å². The number of rotatable bonds is 6. The number of hydrogen-bond acceptors (Lipinski definition) is 5. The molecule has 0 saturated carbocycles. The highest BCUT2D eigenvalue weighted by molar-refractivity contribution is 7.18. The second-order valence-electron chi connectivity index (χ2n) is 7.54. The Morgan fingerprint density at radius 2 is 2.04 bits per heavy atom. The third kappa shape index (κ3) is 3.48. The van der Waals surface area contributed by atoms with Crippen molar-refractivity contribution in [1.82, 2.24) is 9.13 Å². The Hall–Kier alpha value is -1.93. The maximum atomic E-state index is 12.9. The van der Waals surface area contributed by atoms with Crippen LogP contribution in [0.3, 0.4) is 0 Å². The molecule has 7 nitrogen and oxygen atoms in total. The highest BCUT2D eigenvalue weighted by Crippen LogP contribution is 2.36. The molecular formula is C18H25N3O4S. The molecule has 0 aliphatic heterocycles. The molecule has 1 N–H and O–H groups in total. The highest BCUT2D eigenvalue weighted by atomic mass is 32.1. The van der Waals surface area contributed by atoms with Gasteiger partial charge in [0.2, 0.25) is 0 Å². The SMILES string of the molecule is C[C@H]1CCc2c(sc3c2c(=O)n(CC(=O)[O-])c(=O)n3CCC[NH+](C)C)C1. The fraction of sp³-hybridized carbons (Fsp3) is 0.611. The molecule has 0 amide bonds. The Morgan fingerprint density at radius 1 is 1.31 bits per heavy atom. The maximum absolute atomic E-state index is 12.9. The second kappa shape index (κ2) is 7.36. The van der Waals surface area contributed by atoms with Crippen LogP contribution in [0.5, 0.6) is 0 Å². The number of thiophene rings is 1. The van der Waals surface area contributed by atoms with E-state index in [1.807, 2.05) is 14.1 Å². The van der Waals surface area contributed by atoms with E-state index in [0.717, 1.165) is 47.2 Å². The second-order valence-corrected chi connectivity index (χ2v) is 8.62. The minimum Gasteiger partial charge on any atom is -0.548 e. The Labute approximate surface area is 155 Å². The third-order valence-corrected chi connectivity index (χ3v) is 6.28. The summed E-state index contributed by atoms with van der Waals surface area (Å²) >= 11 is 1.52. The summed E-state index contributed by atoms with van der Waals surface area (Å²) < 4.78 is 2.42. The van der Waals surface area contributed by atoms with E-state index >= 15 is 0 Å². The molecule has 8 heteroatoms. The Kier molecular flexibility index (Phi) is 5.34. The maximum Gasteiger partial charge on any atom is 0.332 e. The molecule has 1 aliphatic carbocycles. The molecule has 0 saturated heterocycles. The van der Waals surface area contributed by atoms with Crippen molar-refractivity contribution in [2.45, 2.75) is 45.7 Å². The number of carboxylic acid groups (broad SMARTS) is 1. The van der Waals surface area contributed by atoms with Gasteiger partial charge < -0.3 is 14.8 Å². The first-order chi connectivity index (χ1) is 12.3. The third-order valence-electron chi connectivity index (χ3n) is 5.00. The van der Waals surface area contributed by atoms with Gasteiger partial charge >= 0.3 is 5.69 Å². The van der Waals surface area contributed by atoms with Crippen molar-refractivity contribution in [3.63, 3.8) is 0 Å². The van der Waals surface area contributed by atoms with E-state index in [1.165, 1.54) is 16.2 Å². The lowest BCUT2D eigenvalue weighted by atomic mass is 9.89. The topological polar surface area (TPSA) is 88.6 Å². The monoisotopic (exact) mass is 379 g/mol. The molecule has 142 valence electrons. The number of carbonyl (C=O) groups is 1. The van der Waals surface area contributed by atoms with Crippen LogP contribution in [0.15, 0.2) is 9.59 Å². The van der Waals surface area contributed by atoms with Crippen molar-refractivity contribution in [2.24, 2.45) is 5.92 Å². The predicted molar refractivity (Wildman–Crippen MR) is 98.8 cm³/mol. The lowest BCUT2D eigenvalue weighted by molar-refractivity contribution is -0.858. The van der Waals surface area contributed by atoms with Crippen molar-refractivity contribution >= 4 is 27.5 Å². The summed E-state index contributed by atoms with van der Waals surface area (Å²) in [5, 5.41) is 11.6. The molecule has 0 unspecified atom stereocenters. The van der Waals surface area contributed by atoms with E-state index in [2.05, 4.69) is 6.92 Å². The van der Waals surface area contributed by atoms with Crippen LogP contribution in [-0.2, 0) is 30.7 Å². The molecular weight excluding hydrogens is 354 g/mol. The molecule has 1 atom stereocenters. The molecule has 26 heavy (non-hydrogen) atoms. The van der Waals surface area contributed by atoms with Crippen LogP contribution in [0.4, 0.5) is 0 Å². The summed E-state index contributed by atoms with van der Waals surface area (Å²) in [6.07, 6.45) is 3.49. The zero-order valence-electron chi connectivity index (χ0n) is 15.5. The van der Waals surface area contributed by atoms with Gasteiger partial charge in [-0.2, -0.15) is 0 Å². The van der Waals surface area contributed by atoms with Gasteiger partial charge in [0.15, 0.2) is 0 Å². The van der Waals surface area contributed by atoms with Crippen LogP contribution >= 0.6 is 11.3 Å². The first-order valence-corrected chi connectivity index (χ1v) is 9.88. The fourth-order valence-electron chi connectivity index (χ4n) is 3.66. The fourth-order valence-corrected chi connectivity index (χ4v) is 5.18. The van der Waals surface area contributed by atoms with Crippen molar-refractivity contribution in [1.29, 1.82) is 0 Å². The van der Waals surface area contributed by atoms with Crippen LogP contribution in [0.2, 0.25) is 0 Å². The number of aliphatic carboxylic acids is 1. The van der Waals surface area contributed by atoms with E-state index in [1.54, 1.807) is 4.57 Å². The van der Waals surface area contributed by atoms with Gasteiger partial charge in [0.25, 0.3) is 5.56 Å². The lowest BCUT2D eigenvalue weighted by Crippen LogP contribution is -3.05. The Morgan fingerprint density at radius 3 is 2.69 bits per heavy atom. The summed E-state index contributed by atoms with van der Waals surface area (Å²) in [6, 6.07) is 0. The molecule has 2 heterocycles. The van der Waals surface area contributed by atoms with E-state index in [9.17, 15) is 19.5 Å². The predicted octanol–water partition coefficient (Wildman–Crippen LogP) is -1.37. The van der Waals surface area contributed by atoms with E-state index in [0.29, 0.717) is 22.7 Å². The Bertz CT molecular complexity index is 954. The average molecular weight is 379 g/mol. The average Bonchev–Trinajstić information content (AvgIpc) is 2.92.